The van der Waals surface area contributed by atoms with Crippen LogP contribution in [0.2, 0.25) is 0 Å². The van der Waals surface area contributed by atoms with Crippen LogP contribution in [-0.4, -0.2) is 34.4 Å². The van der Waals surface area contributed by atoms with Crippen LogP contribution in [0.15, 0.2) is 43.1 Å². The van der Waals surface area contributed by atoms with Gasteiger partial charge in [-0.1, -0.05) is 24.3 Å². The van der Waals surface area contributed by atoms with Gasteiger partial charge in [-0.15, -0.1) is 6.58 Å². The van der Waals surface area contributed by atoms with Crippen LogP contribution in [0.5, 0.6) is 0 Å². The molecule has 1 aliphatic carbocycles. The first kappa shape index (κ1) is 13.9. The number of aromatic nitrogens is 1. The molecule has 0 bridgehead atoms. The van der Waals surface area contributed by atoms with E-state index in [1.807, 2.05) is 29.3 Å². The fourth-order valence-corrected chi connectivity index (χ4v) is 2.78. The molecular weight excluding hydrogens is 262 g/mol. The van der Waals surface area contributed by atoms with E-state index >= 15 is 0 Å². The molecule has 0 saturated heterocycles. The molecule has 1 fully saturated rings. The van der Waals surface area contributed by atoms with Gasteiger partial charge in [0, 0.05) is 29.7 Å². The quantitative estimate of drug-likeness (QED) is 0.798. The summed E-state index contributed by atoms with van der Waals surface area (Å²) in [5, 5.41) is 1.14. The summed E-state index contributed by atoms with van der Waals surface area (Å²) in [5.74, 6) is 0.0303. The summed E-state index contributed by atoms with van der Waals surface area (Å²) in [6, 6.07) is 7.95. The number of nitrogens with one attached hydrogen (secondary N) is 1. The second-order valence-electron chi connectivity index (χ2n) is 5.68. The SMILES string of the molecule is C=CCN(C(=O)[C@@H](N)Cc1c[nH]c2ccccc12)C1CC1. The fraction of sp³-hybridized carbons (Fsp3) is 0.353. The van der Waals surface area contributed by atoms with Crippen LogP contribution in [0.3, 0.4) is 0 Å². The van der Waals surface area contributed by atoms with Crippen LogP contribution in [0.4, 0.5) is 0 Å². The third-order valence-electron chi connectivity index (χ3n) is 4.03. The van der Waals surface area contributed by atoms with E-state index in [1.54, 1.807) is 6.08 Å². The largest absolute Gasteiger partial charge is 0.361 e. The van der Waals surface area contributed by atoms with Gasteiger partial charge in [-0.25, -0.2) is 0 Å². The van der Waals surface area contributed by atoms with Gasteiger partial charge in [0.25, 0.3) is 0 Å². The van der Waals surface area contributed by atoms with Gasteiger partial charge in [-0.05, 0) is 30.9 Å². The van der Waals surface area contributed by atoms with E-state index in [0.29, 0.717) is 19.0 Å². The van der Waals surface area contributed by atoms with Gasteiger partial charge < -0.3 is 15.6 Å². The molecule has 1 heterocycles. The fourth-order valence-electron chi connectivity index (χ4n) is 2.78. The first-order valence-electron chi connectivity index (χ1n) is 7.42. The number of para-hydroxylation sites is 1. The highest BCUT2D eigenvalue weighted by Gasteiger charge is 2.34. The highest BCUT2D eigenvalue weighted by molar-refractivity contribution is 5.86. The van der Waals surface area contributed by atoms with Gasteiger partial charge in [0.2, 0.25) is 5.91 Å². The molecule has 0 spiro atoms. The topological polar surface area (TPSA) is 62.1 Å². The minimum absolute atomic E-state index is 0.0303. The van der Waals surface area contributed by atoms with Gasteiger partial charge >= 0.3 is 0 Å². The maximum Gasteiger partial charge on any atom is 0.240 e. The van der Waals surface area contributed by atoms with Crippen LogP contribution in [0.1, 0.15) is 18.4 Å². The van der Waals surface area contributed by atoms with Crippen molar-refractivity contribution in [1.29, 1.82) is 0 Å². The van der Waals surface area contributed by atoms with Crippen molar-refractivity contribution in [1.82, 2.24) is 9.88 Å². The van der Waals surface area contributed by atoms with Crippen molar-refractivity contribution in [3.63, 3.8) is 0 Å². The average Bonchev–Trinajstić information content (AvgIpc) is 3.26. The number of H-pyrrole nitrogens is 1. The van der Waals surface area contributed by atoms with Crippen molar-refractivity contribution in [3.8, 4) is 0 Å². The molecule has 0 aliphatic heterocycles. The predicted octanol–water partition coefficient (Wildman–Crippen LogP) is 2.21. The van der Waals surface area contributed by atoms with Gasteiger partial charge in [-0.3, -0.25) is 4.79 Å². The molecule has 4 heteroatoms. The third-order valence-corrected chi connectivity index (χ3v) is 4.03. The molecule has 1 aliphatic rings. The molecule has 1 atom stereocenters. The Hall–Kier alpha value is -2.07. The van der Waals surface area contributed by atoms with Crippen molar-refractivity contribution < 1.29 is 4.79 Å². The number of carbonyl (C=O) groups is 1. The molecule has 3 N–H and O–H groups in total. The van der Waals surface area contributed by atoms with Crippen LogP contribution < -0.4 is 5.73 Å². The molecule has 21 heavy (non-hydrogen) atoms. The highest BCUT2D eigenvalue weighted by Crippen LogP contribution is 2.27. The van der Waals surface area contributed by atoms with Crippen molar-refractivity contribution in [2.45, 2.75) is 31.3 Å². The highest BCUT2D eigenvalue weighted by atomic mass is 16.2. The van der Waals surface area contributed by atoms with Gasteiger partial charge in [0.05, 0.1) is 6.04 Å². The standard InChI is InChI=1S/C17H21N3O/c1-2-9-20(13-7-8-13)17(21)15(18)10-12-11-19-16-6-4-3-5-14(12)16/h2-6,11,13,15,19H,1,7-10,18H2/t15-/m0/s1. The van der Waals surface area contributed by atoms with Gasteiger partial charge in [-0.2, -0.15) is 0 Å². The summed E-state index contributed by atoms with van der Waals surface area (Å²) in [5.41, 5.74) is 8.34. The number of amides is 1. The van der Waals surface area contributed by atoms with E-state index in [-0.39, 0.29) is 5.91 Å². The van der Waals surface area contributed by atoms with Gasteiger partial charge in [0.1, 0.15) is 0 Å². The Balaban J connectivity index is 1.74. The first-order chi connectivity index (χ1) is 10.2. The van der Waals surface area contributed by atoms with Crippen LogP contribution in [0.25, 0.3) is 10.9 Å². The Kier molecular flexibility index (Phi) is 3.80. The summed E-state index contributed by atoms with van der Waals surface area (Å²) in [4.78, 5) is 17.6. The first-order valence-corrected chi connectivity index (χ1v) is 7.42. The number of hydrogen-bond acceptors (Lipinski definition) is 2. The molecular formula is C17H21N3O. The number of fused-ring (bicyclic) bond motifs is 1. The smallest absolute Gasteiger partial charge is 0.240 e. The number of rotatable bonds is 6. The Morgan fingerprint density at radius 1 is 1.48 bits per heavy atom. The predicted molar refractivity (Wildman–Crippen MR) is 84.9 cm³/mol. The minimum atomic E-state index is -0.496. The maximum atomic E-state index is 12.5. The van der Waals surface area contributed by atoms with E-state index in [1.165, 1.54) is 0 Å². The molecule has 1 aromatic carbocycles. The zero-order chi connectivity index (χ0) is 14.8. The lowest BCUT2D eigenvalue weighted by molar-refractivity contribution is -0.132. The lowest BCUT2D eigenvalue weighted by atomic mass is 10.0. The third kappa shape index (κ3) is 2.85. The second kappa shape index (κ2) is 5.74. The number of nitrogens with two attached hydrogens (primary N) is 1. The Bertz CT molecular complexity index is 657. The average molecular weight is 283 g/mol. The molecule has 4 nitrogen and oxygen atoms in total. The summed E-state index contributed by atoms with van der Waals surface area (Å²) in [6.07, 6.45) is 6.45. The van der Waals surface area contributed by atoms with Gasteiger partial charge in [0.15, 0.2) is 0 Å². The number of aromatic amines is 1. The van der Waals surface area contributed by atoms with E-state index < -0.39 is 6.04 Å². The summed E-state index contributed by atoms with van der Waals surface area (Å²) >= 11 is 0. The zero-order valence-electron chi connectivity index (χ0n) is 12.1. The minimum Gasteiger partial charge on any atom is -0.361 e. The molecule has 0 unspecified atom stereocenters. The summed E-state index contributed by atoms with van der Waals surface area (Å²) in [6.45, 7) is 4.32. The normalized spacial score (nSPS) is 15.9. The molecule has 1 saturated carbocycles. The van der Waals surface area contributed by atoms with Crippen LogP contribution in [0, 0.1) is 0 Å². The van der Waals surface area contributed by atoms with Crippen molar-refractivity contribution >= 4 is 16.8 Å². The van der Waals surface area contributed by atoms with Crippen molar-refractivity contribution in [2.24, 2.45) is 5.73 Å². The van der Waals surface area contributed by atoms with E-state index in [9.17, 15) is 4.79 Å². The Labute approximate surface area is 124 Å². The summed E-state index contributed by atoms with van der Waals surface area (Å²) in [7, 11) is 0. The zero-order valence-corrected chi connectivity index (χ0v) is 12.1. The van der Waals surface area contributed by atoms with E-state index in [0.717, 1.165) is 29.3 Å². The number of carbonyl (C=O) groups excluding carboxylic acids is 1. The molecule has 3 rings (SSSR count). The van der Waals surface area contributed by atoms with Crippen molar-refractivity contribution in [2.75, 3.05) is 6.54 Å². The Morgan fingerprint density at radius 2 is 2.24 bits per heavy atom. The lowest BCUT2D eigenvalue weighted by Crippen LogP contribution is -2.46. The maximum absolute atomic E-state index is 12.5. The lowest BCUT2D eigenvalue weighted by Gasteiger charge is -2.24. The second-order valence-corrected chi connectivity index (χ2v) is 5.68. The van der Waals surface area contributed by atoms with Crippen LogP contribution >= 0.6 is 0 Å². The molecule has 1 amide bonds. The van der Waals surface area contributed by atoms with Crippen LogP contribution in [-0.2, 0) is 11.2 Å². The number of nitrogens with zero attached hydrogens (tertiary/aromatic N) is 1. The van der Waals surface area contributed by atoms with E-state index in [4.69, 9.17) is 5.73 Å². The monoisotopic (exact) mass is 283 g/mol. The Morgan fingerprint density at radius 3 is 2.95 bits per heavy atom. The van der Waals surface area contributed by atoms with Crippen molar-refractivity contribution in [3.05, 3.63) is 48.7 Å². The molecule has 1 aromatic heterocycles. The molecule has 110 valence electrons. The number of benzene rings is 1. The molecule has 0 radical (unpaired) electrons. The molecule has 2 aromatic rings. The van der Waals surface area contributed by atoms with E-state index in [2.05, 4.69) is 17.6 Å². The number of hydrogen-bond donors (Lipinski definition) is 2. The summed E-state index contributed by atoms with van der Waals surface area (Å²) < 4.78 is 0.